The zero-order chi connectivity index (χ0) is 14.0. The van der Waals surface area contributed by atoms with Gasteiger partial charge in [-0.3, -0.25) is 0 Å². The molecule has 3 heteroatoms. The molecule has 0 radical (unpaired) electrons. The predicted molar refractivity (Wildman–Crippen MR) is 78.9 cm³/mol. The molecule has 1 fully saturated rings. The van der Waals surface area contributed by atoms with Crippen molar-refractivity contribution in [2.75, 3.05) is 11.9 Å². The second-order valence-electron chi connectivity index (χ2n) is 5.94. The minimum absolute atomic E-state index is 0.00418. The molecule has 0 bridgehead atoms. The van der Waals surface area contributed by atoms with Gasteiger partial charge in [0.05, 0.1) is 5.60 Å². The maximum absolute atomic E-state index is 9.70. The molecule has 0 aromatic heterocycles. The second-order valence-corrected chi connectivity index (χ2v) is 5.94. The summed E-state index contributed by atoms with van der Waals surface area (Å²) >= 11 is 0. The van der Waals surface area contributed by atoms with Gasteiger partial charge in [-0.25, -0.2) is 0 Å². The summed E-state index contributed by atoms with van der Waals surface area (Å²) in [6.45, 7) is 9.14. The standard InChI is InChI=1S/C16H25NO2/c1-5-16(4)10-13(6-7-19-16)17-14-8-12(3)15(18)9-11(14)2/h8-9,13,17-18H,5-7,10H2,1-4H3. The zero-order valence-electron chi connectivity index (χ0n) is 12.4. The van der Waals surface area contributed by atoms with Gasteiger partial charge in [-0.15, -0.1) is 0 Å². The first kappa shape index (κ1) is 14.2. The van der Waals surface area contributed by atoms with E-state index in [1.807, 2.05) is 26.0 Å². The van der Waals surface area contributed by atoms with Crippen LogP contribution in [0.15, 0.2) is 12.1 Å². The maximum Gasteiger partial charge on any atom is 0.118 e. The summed E-state index contributed by atoms with van der Waals surface area (Å²) < 4.78 is 5.88. The first-order chi connectivity index (χ1) is 8.93. The minimum Gasteiger partial charge on any atom is -0.508 e. The Morgan fingerprint density at radius 2 is 2.11 bits per heavy atom. The highest BCUT2D eigenvalue weighted by molar-refractivity contribution is 5.57. The Morgan fingerprint density at radius 3 is 2.79 bits per heavy atom. The number of aryl methyl sites for hydroxylation is 2. The van der Waals surface area contributed by atoms with Crippen LogP contribution >= 0.6 is 0 Å². The number of rotatable bonds is 3. The van der Waals surface area contributed by atoms with Crippen LogP contribution in [0.4, 0.5) is 5.69 Å². The van der Waals surface area contributed by atoms with E-state index in [1.54, 1.807) is 0 Å². The quantitative estimate of drug-likeness (QED) is 0.816. The van der Waals surface area contributed by atoms with E-state index in [9.17, 15) is 5.11 Å². The lowest BCUT2D eigenvalue weighted by atomic mass is 9.89. The molecular formula is C16H25NO2. The highest BCUT2D eigenvalue weighted by Crippen LogP contribution is 2.31. The highest BCUT2D eigenvalue weighted by atomic mass is 16.5. The van der Waals surface area contributed by atoms with Crippen LogP contribution in [-0.4, -0.2) is 23.4 Å². The Kier molecular flexibility index (Phi) is 4.04. The van der Waals surface area contributed by atoms with Crippen molar-refractivity contribution in [2.24, 2.45) is 0 Å². The molecule has 2 N–H and O–H groups in total. The van der Waals surface area contributed by atoms with Crippen molar-refractivity contribution in [3.05, 3.63) is 23.3 Å². The fourth-order valence-electron chi connectivity index (χ4n) is 2.68. The molecule has 0 aliphatic carbocycles. The van der Waals surface area contributed by atoms with Crippen LogP contribution < -0.4 is 5.32 Å². The molecule has 1 aliphatic heterocycles. The Balaban J connectivity index is 2.11. The summed E-state index contributed by atoms with van der Waals surface area (Å²) in [7, 11) is 0. The Bertz CT molecular complexity index is 458. The number of anilines is 1. The van der Waals surface area contributed by atoms with Gasteiger partial charge in [0.2, 0.25) is 0 Å². The van der Waals surface area contributed by atoms with E-state index in [2.05, 4.69) is 19.2 Å². The van der Waals surface area contributed by atoms with E-state index in [0.717, 1.165) is 42.7 Å². The molecule has 19 heavy (non-hydrogen) atoms. The van der Waals surface area contributed by atoms with Crippen LogP contribution in [0.1, 0.15) is 44.2 Å². The first-order valence-corrected chi connectivity index (χ1v) is 7.14. The third-order valence-corrected chi connectivity index (χ3v) is 4.25. The number of aromatic hydroxyl groups is 1. The molecular weight excluding hydrogens is 238 g/mol. The fourth-order valence-corrected chi connectivity index (χ4v) is 2.68. The number of hydrogen-bond donors (Lipinski definition) is 2. The fraction of sp³-hybridized carbons (Fsp3) is 0.625. The molecule has 2 rings (SSSR count). The van der Waals surface area contributed by atoms with Crippen molar-refractivity contribution in [3.63, 3.8) is 0 Å². The van der Waals surface area contributed by atoms with Crippen LogP contribution in [-0.2, 0) is 4.74 Å². The third-order valence-electron chi connectivity index (χ3n) is 4.25. The largest absolute Gasteiger partial charge is 0.508 e. The van der Waals surface area contributed by atoms with Gasteiger partial charge in [0.25, 0.3) is 0 Å². The monoisotopic (exact) mass is 263 g/mol. The van der Waals surface area contributed by atoms with Crippen molar-refractivity contribution < 1.29 is 9.84 Å². The number of nitrogens with one attached hydrogen (secondary N) is 1. The molecule has 1 aromatic carbocycles. The number of phenolic OH excluding ortho intramolecular Hbond substituents is 1. The van der Waals surface area contributed by atoms with Gasteiger partial charge in [-0.1, -0.05) is 6.92 Å². The summed E-state index contributed by atoms with van der Waals surface area (Å²) in [5.41, 5.74) is 3.13. The van der Waals surface area contributed by atoms with Gasteiger partial charge in [0.15, 0.2) is 0 Å². The van der Waals surface area contributed by atoms with Gasteiger partial charge >= 0.3 is 0 Å². The predicted octanol–water partition coefficient (Wildman–Crippen LogP) is 3.77. The molecule has 0 spiro atoms. The lowest BCUT2D eigenvalue weighted by Gasteiger charge is -2.38. The molecule has 1 aliphatic rings. The second kappa shape index (κ2) is 5.41. The van der Waals surface area contributed by atoms with E-state index >= 15 is 0 Å². The van der Waals surface area contributed by atoms with Gasteiger partial charge in [-0.2, -0.15) is 0 Å². The van der Waals surface area contributed by atoms with Crippen LogP contribution in [0.3, 0.4) is 0 Å². The van der Waals surface area contributed by atoms with Gasteiger partial charge in [-0.05, 0) is 63.3 Å². The van der Waals surface area contributed by atoms with Crippen molar-refractivity contribution in [3.8, 4) is 5.75 Å². The Labute approximate surface area is 116 Å². The summed E-state index contributed by atoms with van der Waals surface area (Å²) in [5, 5.41) is 13.3. The zero-order valence-corrected chi connectivity index (χ0v) is 12.4. The third kappa shape index (κ3) is 3.21. The number of benzene rings is 1. The number of hydrogen-bond acceptors (Lipinski definition) is 3. The van der Waals surface area contributed by atoms with Gasteiger partial charge in [0, 0.05) is 18.3 Å². The van der Waals surface area contributed by atoms with E-state index < -0.39 is 0 Å². The molecule has 1 aromatic rings. The molecule has 2 unspecified atom stereocenters. The average molecular weight is 263 g/mol. The Hall–Kier alpha value is -1.22. The van der Waals surface area contributed by atoms with Crippen molar-refractivity contribution in [1.29, 1.82) is 0 Å². The van der Waals surface area contributed by atoms with Crippen LogP contribution in [0, 0.1) is 13.8 Å². The number of ether oxygens (including phenoxy) is 1. The van der Waals surface area contributed by atoms with E-state index in [0.29, 0.717) is 11.8 Å². The normalized spacial score (nSPS) is 27.3. The molecule has 0 amide bonds. The molecule has 0 saturated carbocycles. The smallest absolute Gasteiger partial charge is 0.118 e. The molecule has 3 nitrogen and oxygen atoms in total. The maximum atomic E-state index is 9.70. The van der Waals surface area contributed by atoms with Crippen LogP contribution in [0.2, 0.25) is 0 Å². The van der Waals surface area contributed by atoms with Crippen molar-refractivity contribution in [1.82, 2.24) is 0 Å². The molecule has 1 saturated heterocycles. The summed E-state index contributed by atoms with van der Waals surface area (Å²) in [5.74, 6) is 0.369. The Morgan fingerprint density at radius 1 is 1.37 bits per heavy atom. The van der Waals surface area contributed by atoms with Gasteiger partial charge in [0.1, 0.15) is 5.75 Å². The minimum atomic E-state index is -0.00418. The molecule has 1 heterocycles. The summed E-state index contributed by atoms with van der Waals surface area (Å²) in [6, 6.07) is 4.31. The van der Waals surface area contributed by atoms with Crippen molar-refractivity contribution >= 4 is 5.69 Å². The topological polar surface area (TPSA) is 41.5 Å². The van der Waals surface area contributed by atoms with Crippen LogP contribution in [0.5, 0.6) is 5.75 Å². The molecule has 2 atom stereocenters. The van der Waals surface area contributed by atoms with Crippen molar-refractivity contribution in [2.45, 2.75) is 58.6 Å². The van der Waals surface area contributed by atoms with E-state index in [1.165, 1.54) is 0 Å². The van der Waals surface area contributed by atoms with Gasteiger partial charge < -0.3 is 15.2 Å². The SMILES string of the molecule is CCC1(C)CC(Nc2cc(C)c(O)cc2C)CCO1. The van der Waals surface area contributed by atoms with E-state index in [-0.39, 0.29) is 5.60 Å². The first-order valence-electron chi connectivity index (χ1n) is 7.14. The van der Waals surface area contributed by atoms with E-state index in [4.69, 9.17) is 4.74 Å². The summed E-state index contributed by atoms with van der Waals surface area (Å²) in [4.78, 5) is 0. The lowest BCUT2D eigenvalue weighted by Crippen LogP contribution is -2.41. The lowest BCUT2D eigenvalue weighted by molar-refractivity contribution is -0.0708. The number of phenols is 1. The highest BCUT2D eigenvalue weighted by Gasteiger charge is 2.31. The molecule has 106 valence electrons. The average Bonchev–Trinajstić information content (AvgIpc) is 2.36. The van der Waals surface area contributed by atoms with Crippen LogP contribution in [0.25, 0.3) is 0 Å². The summed E-state index contributed by atoms with van der Waals surface area (Å²) in [6.07, 6.45) is 3.11.